The van der Waals surface area contributed by atoms with E-state index in [2.05, 4.69) is 15.0 Å². The molecule has 2 N–H and O–H groups in total. The van der Waals surface area contributed by atoms with Crippen LogP contribution < -0.4 is 10.0 Å². The number of hydrogen-bond acceptors (Lipinski definition) is 5. The van der Waals surface area contributed by atoms with Gasteiger partial charge >= 0.3 is 0 Å². The normalized spacial score (nSPS) is 18.8. The number of nitrogens with zero attached hydrogens (tertiary/aromatic N) is 1. The third-order valence-electron chi connectivity index (χ3n) is 3.58. The number of amides is 1. The van der Waals surface area contributed by atoms with Gasteiger partial charge in [-0.15, -0.1) is 0 Å². The van der Waals surface area contributed by atoms with E-state index in [9.17, 15) is 13.2 Å². The highest BCUT2D eigenvalue weighted by molar-refractivity contribution is 7.90. The molecule has 1 amide bonds. The predicted molar refractivity (Wildman–Crippen MR) is 79.4 cm³/mol. The maximum Gasteiger partial charge on any atom is 0.283 e. The van der Waals surface area contributed by atoms with E-state index in [1.165, 1.54) is 6.20 Å². The largest absolute Gasteiger partial charge is 0.315 e. The fourth-order valence-electron chi connectivity index (χ4n) is 2.45. The Morgan fingerprint density at radius 2 is 2.10 bits per heavy atom. The van der Waals surface area contributed by atoms with E-state index in [4.69, 9.17) is 0 Å². The van der Waals surface area contributed by atoms with Crippen molar-refractivity contribution in [3.05, 3.63) is 42.2 Å². The highest BCUT2D eigenvalue weighted by atomic mass is 32.2. The Kier molecular flexibility index (Phi) is 3.60. The summed E-state index contributed by atoms with van der Waals surface area (Å²) in [5, 5.41) is 3.88. The molecular weight excluding hydrogens is 290 g/mol. The molecule has 1 saturated heterocycles. The molecule has 0 saturated carbocycles. The van der Waals surface area contributed by atoms with Crippen molar-refractivity contribution in [3.63, 3.8) is 0 Å². The minimum Gasteiger partial charge on any atom is -0.315 e. The number of sulfonamides is 1. The molecule has 0 bridgehead atoms. The summed E-state index contributed by atoms with van der Waals surface area (Å²) in [4.78, 5) is 16.3. The number of pyridine rings is 1. The summed E-state index contributed by atoms with van der Waals surface area (Å²) >= 11 is 0. The van der Waals surface area contributed by atoms with E-state index in [-0.39, 0.29) is 5.69 Å². The van der Waals surface area contributed by atoms with Crippen molar-refractivity contribution in [2.24, 2.45) is 0 Å². The molecule has 0 radical (unpaired) electrons. The molecule has 0 aliphatic carbocycles. The average Bonchev–Trinajstić information content (AvgIpc) is 3.01. The lowest BCUT2D eigenvalue weighted by Crippen LogP contribution is -2.39. The zero-order valence-corrected chi connectivity index (χ0v) is 12.1. The van der Waals surface area contributed by atoms with Gasteiger partial charge < -0.3 is 5.32 Å². The fraction of sp³-hybridized carbons (Fsp3) is 0.286. The molecule has 21 heavy (non-hydrogen) atoms. The van der Waals surface area contributed by atoms with Gasteiger partial charge in [0.25, 0.3) is 5.91 Å². The molecule has 1 atom stereocenters. The highest BCUT2D eigenvalue weighted by Gasteiger charge is 2.30. The van der Waals surface area contributed by atoms with Crippen LogP contribution in [0.25, 0.3) is 10.8 Å². The Morgan fingerprint density at radius 3 is 2.86 bits per heavy atom. The number of aromatic nitrogens is 1. The fourth-order valence-corrected chi connectivity index (χ4v) is 3.74. The molecule has 2 heterocycles. The molecule has 2 aromatic rings. The monoisotopic (exact) mass is 305 g/mol. The highest BCUT2D eigenvalue weighted by Crippen LogP contribution is 2.17. The SMILES string of the molecule is O=C(NS(=O)(=O)C1CCNC1)c1nccc2ccccc12. The lowest BCUT2D eigenvalue weighted by atomic mass is 10.1. The Balaban J connectivity index is 1.91. The molecule has 3 rings (SSSR count). The number of carbonyl (C=O) groups excluding carboxylic acids is 1. The van der Waals surface area contributed by atoms with Crippen LogP contribution in [-0.4, -0.2) is 37.6 Å². The predicted octanol–water partition coefficient (Wildman–Crippen LogP) is 0.656. The van der Waals surface area contributed by atoms with Crippen molar-refractivity contribution in [3.8, 4) is 0 Å². The Morgan fingerprint density at radius 1 is 1.29 bits per heavy atom. The number of hydrogen-bond donors (Lipinski definition) is 2. The second kappa shape index (κ2) is 5.42. The first kappa shape index (κ1) is 14.0. The summed E-state index contributed by atoms with van der Waals surface area (Å²) in [6.45, 7) is 1.01. The quantitative estimate of drug-likeness (QED) is 0.869. The number of carbonyl (C=O) groups is 1. The van der Waals surface area contributed by atoms with Crippen molar-refractivity contribution in [2.75, 3.05) is 13.1 Å². The van der Waals surface area contributed by atoms with Crippen LogP contribution in [0.5, 0.6) is 0 Å². The van der Waals surface area contributed by atoms with Gasteiger partial charge in [0.15, 0.2) is 0 Å². The third kappa shape index (κ3) is 2.74. The van der Waals surface area contributed by atoms with Crippen LogP contribution >= 0.6 is 0 Å². The smallest absolute Gasteiger partial charge is 0.283 e. The molecule has 110 valence electrons. The zero-order valence-electron chi connectivity index (χ0n) is 11.2. The van der Waals surface area contributed by atoms with E-state index < -0.39 is 21.2 Å². The van der Waals surface area contributed by atoms with E-state index in [1.54, 1.807) is 18.2 Å². The molecule has 6 nitrogen and oxygen atoms in total. The molecule has 1 aliphatic heterocycles. The average molecular weight is 305 g/mol. The Labute approximate surface area is 122 Å². The van der Waals surface area contributed by atoms with Crippen LogP contribution in [0.2, 0.25) is 0 Å². The van der Waals surface area contributed by atoms with E-state index in [0.29, 0.717) is 24.9 Å². The van der Waals surface area contributed by atoms with Crippen molar-refractivity contribution in [1.29, 1.82) is 0 Å². The van der Waals surface area contributed by atoms with E-state index >= 15 is 0 Å². The molecule has 0 spiro atoms. The van der Waals surface area contributed by atoms with Gasteiger partial charge in [0, 0.05) is 18.1 Å². The molecule has 7 heteroatoms. The Hall–Kier alpha value is -1.99. The molecule has 1 fully saturated rings. The summed E-state index contributed by atoms with van der Waals surface area (Å²) in [6.07, 6.45) is 2.01. The number of nitrogens with one attached hydrogen (secondary N) is 2. The maximum atomic E-state index is 12.3. The summed E-state index contributed by atoms with van der Waals surface area (Å²) in [7, 11) is -3.68. The van der Waals surface area contributed by atoms with Crippen LogP contribution in [0.4, 0.5) is 0 Å². The second-order valence-corrected chi connectivity index (χ2v) is 6.93. The van der Waals surface area contributed by atoms with Crippen molar-refractivity contribution < 1.29 is 13.2 Å². The van der Waals surface area contributed by atoms with Crippen LogP contribution in [0.3, 0.4) is 0 Å². The Bertz CT molecular complexity index is 778. The summed E-state index contributed by atoms with van der Waals surface area (Å²) < 4.78 is 26.4. The second-order valence-electron chi connectivity index (χ2n) is 4.97. The molecule has 1 aliphatic rings. The van der Waals surface area contributed by atoms with Gasteiger partial charge in [-0.1, -0.05) is 24.3 Å². The van der Waals surface area contributed by atoms with Gasteiger partial charge in [-0.2, -0.15) is 0 Å². The molecule has 1 aromatic carbocycles. The number of rotatable bonds is 3. The van der Waals surface area contributed by atoms with Gasteiger partial charge in [0.05, 0.1) is 5.25 Å². The van der Waals surface area contributed by atoms with Crippen molar-refractivity contribution in [2.45, 2.75) is 11.7 Å². The zero-order chi connectivity index (χ0) is 14.9. The minimum atomic E-state index is -3.68. The maximum absolute atomic E-state index is 12.3. The van der Waals surface area contributed by atoms with Crippen molar-refractivity contribution >= 4 is 26.7 Å². The molecular formula is C14H15N3O3S. The van der Waals surface area contributed by atoms with Crippen molar-refractivity contribution in [1.82, 2.24) is 15.0 Å². The first-order chi connectivity index (χ1) is 10.1. The first-order valence-corrected chi connectivity index (χ1v) is 8.23. The summed E-state index contributed by atoms with van der Waals surface area (Å²) in [6, 6.07) is 9.02. The lowest BCUT2D eigenvalue weighted by molar-refractivity contribution is 0.0978. The molecule has 1 aromatic heterocycles. The van der Waals surface area contributed by atoms with Crippen LogP contribution in [0, 0.1) is 0 Å². The van der Waals surface area contributed by atoms with Gasteiger partial charge in [0.1, 0.15) is 5.69 Å². The third-order valence-corrected chi connectivity index (χ3v) is 5.33. The summed E-state index contributed by atoms with van der Waals surface area (Å²) in [5.41, 5.74) is 0.127. The number of fused-ring (bicyclic) bond motifs is 1. The van der Waals surface area contributed by atoms with Crippen LogP contribution in [-0.2, 0) is 10.0 Å². The topological polar surface area (TPSA) is 88.2 Å². The summed E-state index contributed by atoms with van der Waals surface area (Å²) in [5.74, 6) is -0.682. The molecule has 1 unspecified atom stereocenters. The van der Waals surface area contributed by atoms with Gasteiger partial charge in [-0.3, -0.25) is 9.78 Å². The first-order valence-electron chi connectivity index (χ1n) is 6.68. The van der Waals surface area contributed by atoms with Gasteiger partial charge in [-0.05, 0) is 24.4 Å². The van der Waals surface area contributed by atoms with Gasteiger partial charge in [0.2, 0.25) is 10.0 Å². The van der Waals surface area contributed by atoms with E-state index in [0.717, 1.165) is 5.39 Å². The minimum absolute atomic E-state index is 0.127. The standard InChI is InChI=1S/C14H15N3O3S/c18-14(17-21(19,20)11-6-7-15-9-11)13-12-4-2-1-3-10(12)5-8-16-13/h1-5,8,11,15H,6-7,9H2,(H,17,18). The van der Waals surface area contributed by atoms with Crippen LogP contribution in [0.15, 0.2) is 36.5 Å². The van der Waals surface area contributed by atoms with E-state index in [1.807, 2.05) is 12.1 Å². The van der Waals surface area contributed by atoms with Gasteiger partial charge in [-0.25, -0.2) is 13.1 Å². The number of benzene rings is 1. The lowest BCUT2D eigenvalue weighted by Gasteiger charge is -2.12. The van der Waals surface area contributed by atoms with Crippen LogP contribution in [0.1, 0.15) is 16.9 Å².